The number of furan rings is 1. The molecule has 114 valence electrons. The Hall–Kier alpha value is -2.41. The third-order valence-electron chi connectivity index (χ3n) is 3.14. The second kappa shape index (κ2) is 6.15. The Bertz CT molecular complexity index is 783. The Morgan fingerprint density at radius 3 is 3.00 bits per heavy atom. The van der Waals surface area contributed by atoms with Crippen molar-refractivity contribution in [3.05, 3.63) is 29.8 Å². The van der Waals surface area contributed by atoms with E-state index in [1.54, 1.807) is 23.7 Å². The summed E-state index contributed by atoms with van der Waals surface area (Å²) in [6.45, 7) is 2.27. The summed E-state index contributed by atoms with van der Waals surface area (Å²) >= 11 is 1.55. The number of ether oxygens (including phenoxy) is 1. The number of carbonyl (C=O) groups is 1. The van der Waals surface area contributed by atoms with Crippen molar-refractivity contribution in [1.29, 1.82) is 0 Å². The number of rotatable bonds is 5. The molecule has 0 atom stereocenters. The summed E-state index contributed by atoms with van der Waals surface area (Å²) in [5.41, 5.74) is 0. The molecule has 0 N–H and O–H groups in total. The van der Waals surface area contributed by atoms with Crippen LogP contribution in [0.4, 0.5) is 5.82 Å². The average Bonchev–Trinajstić information content (AvgIpc) is 3.16. The summed E-state index contributed by atoms with van der Waals surface area (Å²) in [5.74, 6) is 1.69. The topological polar surface area (TPSA) is 68.5 Å². The van der Waals surface area contributed by atoms with E-state index in [0.29, 0.717) is 24.7 Å². The summed E-state index contributed by atoms with van der Waals surface area (Å²) in [5, 5.41) is 2.96. The molecule has 3 heterocycles. The van der Waals surface area contributed by atoms with Crippen LogP contribution in [-0.4, -0.2) is 36.1 Å². The van der Waals surface area contributed by atoms with Crippen LogP contribution in [0.15, 0.2) is 34.3 Å². The molecular weight excluding hydrogens is 302 g/mol. The van der Waals surface area contributed by atoms with Gasteiger partial charge in [0.1, 0.15) is 17.3 Å². The SMILES string of the molecule is CC(=O)OCCN(C)c1nc(-c2ccco2)nc2sccc12. The third-order valence-corrected chi connectivity index (χ3v) is 3.95. The van der Waals surface area contributed by atoms with Crippen LogP contribution in [0.1, 0.15) is 6.92 Å². The number of nitrogens with zero attached hydrogens (tertiary/aromatic N) is 3. The molecule has 0 aliphatic rings. The smallest absolute Gasteiger partial charge is 0.302 e. The molecule has 7 heteroatoms. The predicted molar refractivity (Wildman–Crippen MR) is 85.0 cm³/mol. The first kappa shape index (κ1) is 14.5. The molecule has 22 heavy (non-hydrogen) atoms. The number of fused-ring (bicyclic) bond motifs is 1. The number of likely N-dealkylation sites (N-methyl/N-ethyl adjacent to an activating group) is 1. The highest BCUT2D eigenvalue weighted by atomic mass is 32.1. The number of hydrogen-bond donors (Lipinski definition) is 0. The number of anilines is 1. The van der Waals surface area contributed by atoms with E-state index in [-0.39, 0.29) is 5.97 Å². The number of hydrogen-bond acceptors (Lipinski definition) is 7. The fraction of sp³-hybridized carbons (Fsp3) is 0.267. The molecule has 0 saturated carbocycles. The van der Waals surface area contributed by atoms with Crippen molar-refractivity contribution in [2.75, 3.05) is 25.1 Å². The molecule has 3 aromatic rings. The second-order valence-corrected chi connectivity index (χ2v) is 5.64. The normalized spacial score (nSPS) is 10.8. The zero-order chi connectivity index (χ0) is 15.5. The Balaban J connectivity index is 1.93. The van der Waals surface area contributed by atoms with Gasteiger partial charge in [-0.2, -0.15) is 0 Å². The maximum Gasteiger partial charge on any atom is 0.302 e. The van der Waals surface area contributed by atoms with E-state index in [1.807, 2.05) is 29.5 Å². The van der Waals surface area contributed by atoms with Crippen LogP contribution in [0.2, 0.25) is 0 Å². The molecule has 3 rings (SSSR count). The molecule has 0 aliphatic carbocycles. The van der Waals surface area contributed by atoms with Gasteiger partial charge in [0, 0.05) is 14.0 Å². The molecule has 3 aromatic heterocycles. The van der Waals surface area contributed by atoms with Crippen molar-refractivity contribution < 1.29 is 13.9 Å². The maximum atomic E-state index is 10.9. The maximum absolute atomic E-state index is 10.9. The first-order valence-electron chi connectivity index (χ1n) is 6.79. The summed E-state index contributed by atoms with van der Waals surface area (Å²) in [7, 11) is 1.91. The fourth-order valence-corrected chi connectivity index (χ4v) is 2.84. The van der Waals surface area contributed by atoms with Crippen molar-refractivity contribution in [3.8, 4) is 11.6 Å². The molecule has 0 aromatic carbocycles. The lowest BCUT2D eigenvalue weighted by molar-refractivity contribution is -0.140. The molecule has 0 amide bonds. The molecule has 6 nitrogen and oxygen atoms in total. The van der Waals surface area contributed by atoms with E-state index in [2.05, 4.69) is 9.97 Å². The van der Waals surface area contributed by atoms with Crippen molar-refractivity contribution in [2.24, 2.45) is 0 Å². The summed E-state index contributed by atoms with van der Waals surface area (Å²) < 4.78 is 10.4. The Morgan fingerprint density at radius 2 is 2.27 bits per heavy atom. The molecule has 0 radical (unpaired) electrons. The van der Waals surface area contributed by atoms with Gasteiger partial charge in [0.2, 0.25) is 0 Å². The first-order chi connectivity index (χ1) is 10.6. The molecule has 0 spiro atoms. The lowest BCUT2D eigenvalue weighted by Gasteiger charge is -2.19. The van der Waals surface area contributed by atoms with Gasteiger partial charge in [-0.3, -0.25) is 4.79 Å². The van der Waals surface area contributed by atoms with Crippen molar-refractivity contribution >= 4 is 33.3 Å². The van der Waals surface area contributed by atoms with Crippen LogP contribution in [-0.2, 0) is 9.53 Å². The Labute approximate surface area is 131 Å². The van der Waals surface area contributed by atoms with Gasteiger partial charge in [-0.05, 0) is 23.6 Å². The van der Waals surface area contributed by atoms with E-state index >= 15 is 0 Å². The van der Waals surface area contributed by atoms with Crippen molar-refractivity contribution in [1.82, 2.24) is 9.97 Å². The molecule has 0 bridgehead atoms. The van der Waals surface area contributed by atoms with Crippen molar-refractivity contribution in [2.45, 2.75) is 6.92 Å². The van der Waals surface area contributed by atoms with Crippen LogP contribution in [0, 0.1) is 0 Å². The van der Waals surface area contributed by atoms with Crippen LogP contribution in [0.3, 0.4) is 0 Å². The van der Waals surface area contributed by atoms with Gasteiger partial charge >= 0.3 is 5.97 Å². The van der Waals surface area contributed by atoms with Crippen LogP contribution < -0.4 is 4.90 Å². The van der Waals surface area contributed by atoms with Crippen LogP contribution in [0.5, 0.6) is 0 Å². The van der Waals surface area contributed by atoms with E-state index in [4.69, 9.17) is 9.15 Å². The highest BCUT2D eigenvalue weighted by Crippen LogP contribution is 2.30. The number of aromatic nitrogens is 2. The fourth-order valence-electron chi connectivity index (χ4n) is 2.08. The first-order valence-corrected chi connectivity index (χ1v) is 7.67. The van der Waals surface area contributed by atoms with Crippen molar-refractivity contribution in [3.63, 3.8) is 0 Å². The zero-order valence-corrected chi connectivity index (χ0v) is 13.1. The summed E-state index contributed by atoms with van der Waals surface area (Å²) in [6.07, 6.45) is 1.60. The van der Waals surface area contributed by atoms with E-state index < -0.39 is 0 Å². The third kappa shape index (κ3) is 2.94. The number of esters is 1. The largest absolute Gasteiger partial charge is 0.464 e. The lowest BCUT2D eigenvalue weighted by atomic mass is 10.3. The average molecular weight is 317 g/mol. The van der Waals surface area contributed by atoms with E-state index in [0.717, 1.165) is 16.0 Å². The monoisotopic (exact) mass is 317 g/mol. The van der Waals surface area contributed by atoms with Crippen LogP contribution >= 0.6 is 11.3 Å². The summed E-state index contributed by atoms with van der Waals surface area (Å²) in [6, 6.07) is 5.63. The van der Waals surface area contributed by atoms with Gasteiger partial charge in [-0.15, -0.1) is 11.3 Å². The molecule has 0 unspecified atom stereocenters. The lowest BCUT2D eigenvalue weighted by Crippen LogP contribution is -2.24. The van der Waals surface area contributed by atoms with Gasteiger partial charge in [0.05, 0.1) is 18.2 Å². The number of carbonyl (C=O) groups excluding carboxylic acids is 1. The van der Waals surface area contributed by atoms with Gasteiger partial charge < -0.3 is 14.1 Å². The minimum atomic E-state index is -0.284. The minimum Gasteiger partial charge on any atom is -0.464 e. The quantitative estimate of drug-likeness (QED) is 0.674. The Kier molecular flexibility index (Phi) is 4.06. The van der Waals surface area contributed by atoms with Gasteiger partial charge in [-0.1, -0.05) is 0 Å². The van der Waals surface area contributed by atoms with E-state index in [1.165, 1.54) is 6.92 Å². The minimum absolute atomic E-state index is 0.284. The van der Waals surface area contributed by atoms with E-state index in [9.17, 15) is 4.79 Å². The van der Waals surface area contributed by atoms with Crippen LogP contribution in [0.25, 0.3) is 21.8 Å². The molecular formula is C15H15N3O3S. The van der Waals surface area contributed by atoms with Gasteiger partial charge in [0.25, 0.3) is 0 Å². The highest BCUT2D eigenvalue weighted by Gasteiger charge is 2.15. The van der Waals surface area contributed by atoms with Gasteiger partial charge in [-0.25, -0.2) is 9.97 Å². The standard InChI is InChI=1S/C15H15N3O3S/c1-10(19)20-8-6-18(2)14-11-5-9-22-15(11)17-13(16-14)12-4-3-7-21-12/h3-5,7,9H,6,8H2,1-2H3. The summed E-state index contributed by atoms with van der Waals surface area (Å²) in [4.78, 5) is 22.8. The Morgan fingerprint density at radius 1 is 1.41 bits per heavy atom. The highest BCUT2D eigenvalue weighted by molar-refractivity contribution is 7.16. The molecule has 0 aliphatic heterocycles. The predicted octanol–water partition coefficient (Wildman–Crippen LogP) is 2.95. The molecule has 0 saturated heterocycles. The number of thiophene rings is 1. The van der Waals surface area contributed by atoms with Gasteiger partial charge in [0.15, 0.2) is 11.6 Å². The molecule has 0 fully saturated rings. The zero-order valence-electron chi connectivity index (χ0n) is 12.3. The second-order valence-electron chi connectivity index (χ2n) is 4.75.